The van der Waals surface area contributed by atoms with Gasteiger partial charge in [-0.05, 0) is 38.1 Å². The predicted octanol–water partition coefficient (Wildman–Crippen LogP) is 0.592. The summed E-state index contributed by atoms with van der Waals surface area (Å²) in [5.41, 5.74) is 12.3. The molecule has 5 N–H and O–H groups in total. The lowest BCUT2D eigenvalue weighted by Crippen LogP contribution is -2.48. The van der Waals surface area contributed by atoms with Crippen LogP contribution in [0, 0.1) is 11.7 Å². The van der Waals surface area contributed by atoms with Crippen molar-refractivity contribution in [2.24, 2.45) is 11.7 Å². The summed E-state index contributed by atoms with van der Waals surface area (Å²) in [4.78, 5) is 11.7. The average molecular weight is 266 g/mol. The van der Waals surface area contributed by atoms with E-state index in [1.165, 1.54) is 12.1 Å². The van der Waals surface area contributed by atoms with Gasteiger partial charge >= 0.3 is 0 Å². The van der Waals surface area contributed by atoms with Crippen molar-refractivity contribution >= 4 is 11.6 Å². The van der Waals surface area contributed by atoms with Crippen molar-refractivity contribution in [1.29, 1.82) is 0 Å². The molecule has 2 rings (SSSR count). The smallest absolute Gasteiger partial charge is 0.240 e. The average Bonchev–Trinajstić information content (AvgIpc) is 2.68. The number of carbonyl (C=O) groups is 1. The molecule has 0 saturated carbocycles. The first-order chi connectivity index (χ1) is 8.99. The van der Waals surface area contributed by atoms with Crippen LogP contribution >= 0.6 is 0 Å². The van der Waals surface area contributed by atoms with Crippen molar-refractivity contribution < 1.29 is 9.18 Å². The second kappa shape index (κ2) is 5.54. The van der Waals surface area contributed by atoms with Gasteiger partial charge in [0.25, 0.3) is 0 Å². The Morgan fingerprint density at radius 2 is 1.79 bits per heavy atom. The van der Waals surface area contributed by atoms with E-state index in [1.54, 1.807) is 12.1 Å². The number of halogens is 1. The number of carbonyl (C=O) groups excluding carboxylic acids is 1. The molecule has 3 unspecified atom stereocenters. The van der Waals surface area contributed by atoms with Crippen LogP contribution in [0.15, 0.2) is 24.3 Å². The summed E-state index contributed by atoms with van der Waals surface area (Å²) in [6, 6.07) is 5.59. The lowest BCUT2D eigenvalue weighted by molar-refractivity contribution is -0.119. The minimum Gasteiger partial charge on any atom is -0.373 e. The van der Waals surface area contributed by atoms with E-state index < -0.39 is 11.9 Å². The lowest BCUT2D eigenvalue weighted by Gasteiger charge is -2.27. The summed E-state index contributed by atoms with van der Waals surface area (Å²) in [6.07, 6.45) is 0. The molecule has 1 fully saturated rings. The van der Waals surface area contributed by atoms with Gasteiger partial charge in [0.1, 0.15) is 11.9 Å². The maximum atomic E-state index is 12.9. The second-order valence-electron chi connectivity index (χ2n) is 4.97. The number of nitrogens with two attached hydrogens (primary N) is 1. The van der Waals surface area contributed by atoms with Crippen LogP contribution < -0.4 is 21.9 Å². The monoisotopic (exact) mass is 266 g/mol. The Bertz CT molecular complexity index is 440. The van der Waals surface area contributed by atoms with Gasteiger partial charge < -0.3 is 11.1 Å². The molecule has 0 bridgehead atoms. The maximum Gasteiger partial charge on any atom is 0.240 e. The van der Waals surface area contributed by atoms with E-state index >= 15 is 0 Å². The Labute approximate surface area is 111 Å². The van der Waals surface area contributed by atoms with E-state index in [0.717, 1.165) is 0 Å². The third-order valence-corrected chi connectivity index (χ3v) is 3.55. The highest BCUT2D eigenvalue weighted by atomic mass is 19.1. The Morgan fingerprint density at radius 3 is 2.26 bits per heavy atom. The number of hydrogen-bond donors (Lipinski definition) is 4. The molecule has 19 heavy (non-hydrogen) atoms. The summed E-state index contributed by atoms with van der Waals surface area (Å²) in [7, 11) is 0. The molecule has 1 saturated heterocycles. The molecule has 1 amide bonds. The highest BCUT2D eigenvalue weighted by molar-refractivity contribution is 5.83. The van der Waals surface area contributed by atoms with E-state index in [1.807, 2.05) is 13.8 Å². The number of rotatable bonds is 4. The summed E-state index contributed by atoms with van der Waals surface area (Å²) in [6.45, 7) is 3.98. The SMILES string of the molecule is CC1NNC(C)C1C(Nc1ccc(F)cc1)C(N)=O. The van der Waals surface area contributed by atoms with Crippen LogP contribution in [-0.2, 0) is 4.79 Å². The van der Waals surface area contributed by atoms with Gasteiger partial charge in [-0.15, -0.1) is 0 Å². The first-order valence-corrected chi connectivity index (χ1v) is 6.31. The number of benzene rings is 1. The molecule has 1 heterocycles. The number of hydrazine groups is 1. The molecule has 1 aliphatic rings. The summed E-state index contributed by atoms with van der Waals surface area (Å²) >= 11 is 0. The van der Waals surface area contributed by atoms with Gasteiger partial charge in [0.15, 0.2) is 0 Å². The van der Waals surface area contributed by atoms with Gasteiger partial charge in [-0.2, -0.15) is 0 Å². The van der Waals surface area contributed by atoms with Crippen LogP contribution in [0.4, 0.5) is 10.1 Å². The summed E-state index contributed by atoms with van der Waals surface area (Å²) in [5.74, 6) is -0.715. The van der Waals surface area contributed by atoms with Crippen LogP contribution in [0.25, 0.3) is 0 Å². The van der Waals surface area contributed by atoms with Crippen LogP contribution in [0.2, 0.25) is 0 Å². The Balaban J connectivity index is 2.16. The van der Waals surface area contributed by atoms with Crippen molar-refractivity contribution in [2.45, 2.75) is 32.0 Å². The largest absolute Gasteiger partial charge is 0.373 e. The number of nitrogens with one attached hydrogen (secondary N) is 3. The minimum atomic E-state index is -0.516. The molecule has 0 radical (unpaired) electrons. The molecular weight excluding hydrogens is 247 g/mol. The fourth-order valence-corrected chi connectivity index (χ4v) is 2.55. The second-order valence-corrected chi connectivity index (χ2v) is 4.97. The Hall–Kier alpha value is -1.66. The van der Waals surface area contributed by atoms with Gasteiger partial charge in [-0.1, -0.05) is 0 Å². The van der Waals surface area contributed by atoms with E-state index in [9.17, 15) is 9.18 Å². The summed E-state index contributed by atoms with van der Waals surface area (Å²) in [5, 5.41) is 3.09. The van der Waals surface area contributed by atoms with Crippen LogP contribution in [0.3, 0.4) is 0 Å². The molecular formula is C13H19FN4O. The van der Waals surface area contributed by atoms with Gasteiger partial charge in [0.05, 0.1) is 0 Å². The first kappa shape index (κ1) is 13.8. The molecule has 0 spiro atoms. The van der Waals surface area contributed by atoms with Gasteiger partial charge in [-0.25, -0.2) is 4.39 Å². The molecule has 0 aromatic heterocycles. The molecule has 5 nitrogen and oxygen atoms in total. The zero-order valence-electron chi connectivity index (χ0n) is 11.0. The predicted molar refractivity (Wildman–Crippen MR) is 71.7 cm³/mol. The molecule has 6 heteroatoms. The Kier molecular flexibility index (Phi) is 4.01. The number of anilines is 1. The lowest BCUT2D eigenvalue weighted by atomic mass is 9.88. The number of primary amides is 1. The minimum absolute atomic E-state index is 0.0163. The third-order valence-electron chi connectivity index (χ3n) is 3.55. The number of hydrogen-bond acceptors (Lipinski definition) is 4. The van der Waals surface area contributed by atoms with Gasteiger partial charge in [-0.3, -0.25) is 15.6 Å². The quantitative estimate of drug-likeness (QED) is 0.643. The van der Waals surface area contributed by atoms with Crippen molar-refractivity contribution in [3.63, 3.8) is 0 Å². The van der Waals surface area contributed by atoms with E-state index in [0.29, 0.717) is 5.69 Å². The molecule has 104 valence electrons. The molecule has 1 aliphatic heterocycles. The van der Waals surface area contributed by atoms with Gasteiger partial charge in [0.2, 0.25) is 5.91 Å². The fraction of sp³-hybridized carbons (Fsp3) is 0.462. The van der Waals surface area contributed by atoms with E-state index in [2.05, 4.69) is 16.2 Å². The first-order valence-electron chi connectivity index (χ1n) is 6.31. The Morgan fingerprint density at radius 1 is 1.26 bits per heavy atom. The van der Waals surface area contributed by atoms with Crippen LogP contribution in [-0.4, -0.2) is 24.0 Å². The van der Waals surface area contributed by atoms with E-state index in [-0.39, 0.29) is 23.8 Å². The zero-order valence-corrected chi connectivity index (χ0v) is 11.0. The fourth-order valence-electron chi connectivity index (χ4n) is 2.55. The normalized spacial score (nSPS) is 28.1. The van der Waals surface area contributed by atoms with E-state index in [4.69, 9.17) is 5.73 Å². The molecule has 1 aromatic carbocycles. The van der Waals surface area contributed by atoms with Crippen molar-refractivity contribution in [3.8, 4) is 0 Å². The van der Waals surface area contributed by atoms with Gasteiger partial charge in [0, 0.05) is 23.7 Å². The summed E-state index contributed by atoms with van der Waals surface area (Å²) < 4.78 is 12.9. The maximum absolute atomic E-state index is 12.9. The zero-order chi connectivity index (χ0) is 14.0. The molecule has 3 atom stereocenters. The van der Waals surface area contributed by atoms with Crippen LogP contribution in [0.1, 0.15) is 13.8 Å². The van der Waals surface area contributed by atoms with Crippen molar-refractivity contribution in [1.82, 2.24) is 10.9 Å². The molecule has 0 aliphatic carbocycles. The standard InChI is InChI=1S/C13H19FN4O/c1-7-11(8(2)18-17-7)12(13(15)19)16-10-5-3-9(14)4-6-10/h3-8,11-12,16-18H,1-2H3,(H2,15,19). The van der Waals surface area contributed by atoms with Crippen LogP contribution in [0.5, 0.6) is 0 Å². The van der Waals surface area contributed by atoms with Crippen molar-refractivity contribution in [3.05, 3.63) is 30.1 Å². The highest BCUT2D eigenvalue weighted by Gasteiger charge is 2.39. The molecule has 1 aromatic rings. The third kappa shape index (κ3) is 3.02. The van der Waals surface area contributed by atoms with Crippen molar-refractivity contribution in [2.75, 3.05) is 5.32 Å². The topological polar surface area (TPSA) is 79.2 Å². The number of amides is 1. The highest BCUT2D eigenvalue weighted by Crippen LogP contribution is 2.22.